The van der Waals surface area contributed by atoms with Crippen molar-refractivity contribution in [3.05, 3.63) is 97.9 Å². The molecule has 1 aliphatic rings. The summed E-state index contributed by atoms with van der Waals surface area (Å²) in [5.41, 5.74) is 0.0582. The van der Waals surface area contributed by atoms with E-state index in [9.17, 15) is 33.7 Å². The first-order valence-electron chi connectivity index (χ1n) is 10.4. The molecule has 0 aliphatic carbocycles. The predicted octanol–water partition coefficient (Wildman–Crippen LogP) is 0.913. The van der Waals surface area contributed by atoms with Gasteiger partial charge >= 0.3 is 5.97 Å². The largest absolute Gasteiger partial charge is 0.478 e. The highest BCUT2D eigenvalue weighted by Gasteiger charge is 2.21. The molecule has 0 amide bonds. The Balaban J connectivity index is 2.13. The van der Waals surface area contributed by atoms with Crippen LogP contribution >= 0.6 is 20.7 Å². The molecule has 3 aromatic rings. The number of aromatic nitrogens is 1. The van der Waals surface area contributed by atoms with Gasteiger partial charge in [0.1, 0.15) is 21.1 Å². The highest BCUT2D eigenvalue weighted by atomic mass is 127. The monoisotopic (exact) mass is 595 g/mol. The quantitative estimate of drug-likeness (QED) is 0.302. The van der Waals surface area contributed by atoms with Crippen molar-refractivity contribution in [1.82, 2.24) is 9.88 Å². The summed E-state index contributed by atoms with van der Waals surface area (Å²) >= 11 is -1.15. The fraction of sp³-hybridized carbons (Fsp3) is 0.167. The van der Waals surface area contributed by atoms with Gasteiger partial charge in [0, 0.05) is 14.9 Å². The molecule has 182 valence electrons. The van der Waals surface area contributed by atoms with Crippen LogP contribution in [0.1, 0.15) is 21.5 Å². The average molecular weight is 595 g/mol. The number of pyridine rings is 1. The smallest absolute Gasteiger partial charge is 0.335 e. The topological polar surface area (TPSA) is 124 Å². The maximum absolute atomic E-state index is 14.7. The molecule has 0 bridgehead atoms. The van der Waals surface area contributed by atoms with Gasteiger partial charge in [0.15, 0.2) is 5.49 Å². The minimum Gasteiger partial charge on any atom is -0.478 e. The second kappa shape index (κ2) is 10.2. The van der Waals surface area contributed by atoms with Gasteiger partial charge in [-0.2, -0.15) is 0 Å². The summed E-state index contributed by atoms with van der Waals surface area (Å²) < 4.78 is 31.3. The van der Waals surface area contributed by atoms with E-state index in [1.807, 2.05) is 0 Å². The van der Waals surface area contributed by atoms with E-state index in [-0.39, 0.29) is 11.1 Å². The van der Waals surface area contributed by atoms with Crippen LogP contribution in [0.5, 0.6) is 0 Å². The Kier molecular flexibility index (Phi) is 7.31. The lowest BCUT2D eigenvalue weighted by Crippen LogP contribution is -2.47. The lowest BCUT2D eigenvalue weighted by Gasteiger charge is -2.19. The highest BCUT2D eigenvalue weighted by molar-refractivity contribution is 14.2. The summed E-state index contributed by atoms with van der Waals surface area (Å²) in [6.45, 7) is 0.990. The zero-order valence-corrected chi connectivity index (χ0v) is 20.5. The van der Waals surface area contributed by atoms with Crippen LogP contribution in [-0.4, -0.2) is 48.9 Å². The molecule has 2 aromatic carbocycles. The predicted molar refractivity (Wildman–Crippen MR) is 134 cm³/mol. The van der Waals surface area contributed by atoms with Crippen molar-refractivity contribution < 1.29 is 28.9 Å². The Morgan fingerprint density at radius 2 is 1.80 bits per heavy atom. The van der Waals surface area contributed by atoms with Crippen molar-refractivity contribution in [2.45, 2.75) is 13.0 Å². The number of nitrogens with one attached hydrogen (secondary N) is 1. The van der Waals surface area contributed by atoms with Crippen molar-refractivity contribution >= 4 is 34.0 Å². The van der Waals surface area contributed by atoms with Gasteiger partial charge in [0.25, 0.3) is 5.56 Å². The number of benzene rings is 2. The molecule has 2 heterocycles. The van der Waals surface area contributed by atoms with E-state index in [1.165, 1.54) is 30.3 Å². The van der Waals surface area contributed by atoms with Gasteiger partial charge in [-0.3, -0.25) is 14.7 Å². The van der Waals surface area contributed by atoms with Crippen molar-refractivity contribution in [1.29, 1.82) is 0 Å². The molecule has 11 heteroatoms. The maximum atomic E-state index is 14.7. The number of aliphatic hydroxyl groups is 2. The molecule has 35 heavy (non-hydrogen) atoms. The van der Waals surface area contributed by atoms with Crippen LogP contribution in [-0.2, 0) is 0 Å². The standard InChI is InChI=1S/C24H20F2IN3O5/c1-12-5-6-13(23(34)35)9-16(12)20-15-7-8-19(33)30(21-17(25)3-2-4-18(21)26)22(15)29-24(27-20)28-14(10-31)11-32/h2-9,14,31-32H,10-11H2,1H3,(H,28,29)(H,34,35). The van der Waals surface area contributed by atoms with Crippen molar-refractivity contribution in [3.63, 3.8) is 0 Å². The first kappa shape index (κ1) is 25.0. The number of aromatic carboxylic acids is 1. The zero-order valence-electron chi connectivity index (χ0n) is 18.3. The van der Waals surface area contributed by atoms with Crippen LogP contribution < -0.4 is 21.6 Å². The van der Waals surface area contributed by atoms with Crippen LogP contribution in [0, 0.1) is 18.6 Å². The summed E-state index contributed by atoms with van der Waals surface area (Å²) in [5, 5.41) is 31.9. The summed E-state index contributed by atoms with van der Waals surface area (Å²) in [7, 11) is 0. The minimum absolute atomic E-state index is 0.0419. The van der Waals surface area contributed by atoms with E-state index in [0.717, 1.165) is 22.3 Å². The van der Waals surface area contributed by atoms with Gasteiger partial charge in [-0.1, -0.05) is 12.1 Å². The molecule has 0 radical (unpaired) electrons. The molecule has 4 N–H and O–H groups in total. The Hall–Kier alpha value is -3.13. The fourth-order valence-electron chi connectivity index (χ4n) is 3.55. The Bertz CT molecular complexity index is 1530. The van der Waals surface area contributed by atoms with Gasteiger partial charge in [-0.25, -0.2) is 18.6 Å². The molecule has 0 saturated heterocycles. The summed E-state index contributed by atoms with van der Waals surface area (Å²) in [6, 6.07) is 9.81. The van der Waals surface area contributed by atoms with E-state index >= 15 is 0 Å². The van der Waals surface area contributed by atoms with E-state index in [2.05, 4.69) is 10.3 Å². The second-order valence-corrected chi connectivity index (χ2v) is 10.3. The van der Waals surface area contributed by atoms with E-state index in [1.54, 1.807) is 13.0 Å². The third-order valence-corrected chi connectivity index (χ3v) is 8.10. The molecular weight excluding hydrogens is 575 g/mol. The molecule has 4 rings (SSSR count). The molecule has 0 unspecified atom stereocenters. The summed E-state index contributed by atoms with van der Waals surface area (Å²) in [4.78, 5) is 29.0. The van der Waals surface area contributed by atoms with Gasteiger partial charge in [0.2, 0.25) is 0 Å². The number of aliphatic hydroxyl groups excluding tert-OH is 2. The molecule has 8 nitrogen and oxygen atoms in total. The maximum Gasteiger partial charge on any atom is 0.335 e. The molecular formula is C24H20F2IN3O5. The number of para-hydroxylation sites is 1. The number of carboxylic acid groups (broad SMARTS) is 1. The molecule has 1 aliphatic heterocycles. The van der Waals surface area contributed by atoms with E-state index in [0.29, 0.717) is 18.1 Å². The zero-order chi connectivity index (χ0) is 25.3. The average Bonchev–Trinajstić information content (AvgIpc) is 2.83. The van der Waals surface area contributed by atoms with Crippen LogP contribution in [0.3, 0.4) is 0 Å². The molecule has 0 atom stereocenters. The number of carboxylic acids is 1. The minimum atomic E-state index is -1.15. The number of halogens is 3. The first-order valence-corrected chi connectivity index (χ1v) is 12.5. The van der Waals surface area contributed by atoms with E-state index < -0.39 is 68.8 Å². The van der Waals surface area contributed by atoms with Crippen molar-refractivity contribution in [2.75, 3.05) is 13.2 Å². The lowest BCUT2D eigenvalue weighted by atomic mass is 10.0. The Morgan fingerprint density at radius 3 is 2.43 bits per heavy atom. The number of fused-ring (bicyclic) bond motifs is 1. The number of hydrogen-bond donors (Lipinski definition) is 4. The van der Waals surface area contributed by atoms with Crippen molar-refractivity contribution in [2.24, 2.45) is 4.99 Å². The number of nitrogens with zero attached hydrogens (tertiary/aromatic N) is 2. The fourth-order valence-corrected chi connectivity index (χ4v) is 6.59. The van der Waals surface area contributed by atoms with Crippen LogP contribution in [0.2, 0.25) is 0 Å². The Labute approximate surface area is 207 Å². The summed E-state index contributed by atoms with van der Waals surface area (Å²) in [6.07, 6.45) is 0. The SMILES string of the molecule is Cc1ccc(C(=O)O)cc1C1=c2ccc(=O)n(-c3c(F)cccc3F)c2=NC(NC(CO)CO)=I1. The van der Waals surface area contributed by atoms with Gasteiger partial charge < -0.3 is 15.3 Å². The number of hydrogen-bond acceptors (Lipinski definition) is 6. The van der Waals surface area contributed by atoms with Crippen molar-refractivity contribution in [3.8, 4) is 5.69 Å². The van der Waals surface area contributed by atoms with Crippen LogP contribution in [0.25, 0.3) is 9.27 Å². The number of aryl methyl sites for hydroxylation is 1. The third-order valence-electron chi connectivity index (χ3n) is 5.34. The van der Waals surface area contributed by atoms with Crippen LogP contribution in [0.15, 0.2) is 58.3 Å². The van der Waals surface area contributed by atoms with Gasteiger partial charge in [0.05, 0.1) is 24.8 Å². The molecule has 0 fully saturated rings. The molecule has 0 saturated carbocycles. The summed E-state index contributed by atoms with van der Waals surface area (Å²) in [5.74, 6) is -3.04. The van der Waals surface area contributed by atoms with E-state index in [4.69, 9.17) is 0 Å². The van der Waals surface area contributed by atoms with Gasteiger partial charge in [-0.05, 0) is 69.1 Å². The first-order chi connectivity index (χ1) is 16.7. The Morgan fingerprint density at radius 1 is 1.11 bits per heavy atom. The van der Waals surface area contributed by atoms with Gasteiger partial charge in [-0.15, -0.1) is 0 Å². The second-order valence-electron chi connectivity index (χ2n) is 7.67. The molecule has 1 aromatic heterocycles. The number of rotatable bonds is 7. The van der Waals surface area contributed by atoms with Crippen LogP contribution in [0.4, 0.5) is 8.78 Å². The lowest BCUT2D eigenvalue weighted by molar-refractivity contribution is 0.0697. The number of carbonyl (C=O) groups is 1. The molecule has 0 spiro atoms. The third kappa shape index (κ3) is 4.85. The highest BCUT2D eigenvalue weighted by Crippen LogP contribution is 2.30. The normalized spacial score (nSPS) is 13.1.